The number of hydrogen-bond donors (Lipinski definition) is 1. The van der Waals surface area contributed by atoms with Crippen molar-refractivity contribution in [3.8, 4) is 0 Å². The van der Waals surface area contributed by atoms with Crippen molar-refractivity contribution in [3.63, 3.8) is 0 Å². The second-order valence-electron chi connectivity index (χ2n) is 3.12. The summed E-state index contributed by atoms with van der Waals surface area (Å²) in [6.07, 6.45) is 1.86. The summed E-state index contributed by atoms with van der Waals surface area (Å²) in [5, 5.41) is 2.42. The lowest BCUT2D eigenvalue weighted by Gasteiger charge is -2.05. The van der Waals surface area contributed by atoms with Crippen molar-refractivity contribution < 1.29 is 0 Å². The van der Waals surface area contributed by atoms with Gasteiger partial charge in [0.15, 0.2) is 0 Å². The highest BCUT2D eigenvalue weighted by Gasteiger charge is 2.01. The number of fused-ring (bicyclic) bond motifs is 1. The standard InChI is InChI=1S/C11H12N2/c1-8-10-4-2-3-5-11(10)9(6-12)7-13-8/h2-5,7H,6,12H2,1H3. The Morgan fingerprint density at radius 2 is 1.92 bits per heavy atom. The summed E-state index contributed by atoms with van der Waals surface area (Å²) in [6.45, 7) is 2.57. The average Bonchev–Trinajstić information content (AvgIpc) is 2.19. The van der Waals surface area contributed by atoms with Crippen LogP contribution < -0.4 is 5.73 Å². The van der Waals surface area contributed by atoms with Crippen molar-refractivity contribution in [2.75, 3.05) is 0 Å². The van der Waals surface area contributed by atoms with E-state index in [0.717, 1.165) is 11.3 Å². The molecule has 1 aromatic carbocycles. The Labute approximate surface area is 77.4 Å². The minimum Gasteiger partial charge on any atom is -0.326 e. The van der Waals surface area contributed by atoms with E-state index < -0.39 is 0 Å². The van der Waals surface area contributed by atoms with Crippen LogP contribution in [0, 0.1) is 6.92 Å². The first kappa shape index (κ1) is 8.20. The minimum atomic E-state index is 0.549. The molecule has 0 saturated heterocycles. The van der Waals surface area contributed by atoms with Crippen molar-refractivity contribution in [1.29, 1.82) is 0 Å². The van der Waals surface area contributed by atoms with Gasteiger partial charge in [0.2, 0.25) is 0 Å². The fourth-order valence-corrected chi connectivity index (χ4v) is 1.56. The molecule has 0 aliphatic rings. The fraction of sp³-hybridized carbons (Fsp3) is 0.182. The van der Waals surface area contributed by atoms with Crippen molar-refractivity contribution in [3.05, 3.63) is 41.7 Å². The maximum atomic E-state index is 5.63. The van der Waals surface area contributed by atoms with Crippen LogP contribution in [0.25, 0.3) is 10.8 Å². The first-order chi connectivity index (χ1) is 6.33. The number of pyridine rings is 1. The van der Waals surface area contributed by atoms with Crippen LogP contribution in [-0.4, -0.2) is 4.98 Å². The minimum absolute atomic E-state index is 0.549. The van der Waals surface area contributed by atoms with Gasteiger partial charge in [-0.2, -0.15) is 0 Å². The van der Waals surface area contributed by atoms with E-state index in [9.17, 15) is 0 Å². The van der Waals surface area contributed by atoms with E-state index in [1.54, 1.807) is 0 Å². The summed E-state index contributed by atoms with van der Waals surface area (Å²) in [5.41, 5.74) is 7.80. The zero-order chi connectivity index (χ0) is 9.26. The van der Waals surface area contributed by atoms with Gasteiger partial charge in [-0.1, -0.05) is 24.3 Å². The first-order valence-corrected chi connectivity index (χ1v) is 4.36. The van der Waals surface area contributed by atoms with Gasteiger partial charge in [0.05, 0.1) is 0 Å². The summed E-state index contributed by atoms with van der Waals surface area (Å²) in [4.78, 5) is 4.30. The molecule has 0 unspecified atom stereocenters. The van der Waals surface area contributed by atoms with Crippen LogP contribution >= 0.6 is 0 Å². The summed E-state index contributed by atoms with van der Waals surface area (Å²) < 4.78 is 0. The maximum absolute atomic E-state index is 5.63. The number of benzene rings is 1. The predicted octanol–water partition coefficient (Wildman–Crippen LogP) is 2.00. The molecule has 2 N–H and O–H groups in total. The smallest absolute Gasteiger partial charge is 0.0451 e. The molecule has 2 aromatic rings. The Morgan fingerprint density at radius 3 is 2.62 bits per heavy atom. The highest BCUT2D eigenvalue weighted by Crippen LogP contribution is 2.19. The summed E-state index contributed by atoms with van der Waals surface area (Å²) in [6, 6.07) is 8.22. The highest BCUT2D eigenvalue weighted by atomic mass is 14.7. The van der Waals surface area contributed by atoms with Crippen LogP contribution in [0.15, 0.2) is 30.5 Å². The molecular weight excluding hydrogens is 160 g/mol. The summed E-state index contributed by atoms with van der Waals surface area (Å²) >= 11 is 0. The number of nitrogens with two attached hydrogens (primary N) is 1. The summed E-state index contributed by atoms with van der Waals surface area (Å²) in [5.74, 6) is 0. The Hall–Kier alpha value is -1.41. The van der Waals surface area contributed by atoms with Crippen molar-refractivity contribution in [2.24, 2.45) is 5.73 Å². The van der Waals surface area contributed by atoms with E-state index in [2.05, 4.69) is 17.1 Å². The molecule has 2 nitrogen and oxygen atoms in total. The molecule has 0 aliphatic heterocycles. The second kappa shape index (κ2) is 3.15. The average molecular weight is 172 g/mol. The molecule has 0 atom stereocenters. The molecule has 0 amide bonds. The molecule has 0 fully saturated rings. The van der Waals surface area contributed by atoms with Gasteiger partial charge in [0.25, 0.3) is 0 Å². The SMILES string of the molecule is Cc1ncc(CN)c2ccccc12. The highest BCUT2D eigenvalue weighted by molar-refractivity contribution is 5.87. The van der Waals surface area contributed by atoms with Crippen LogP contribution in [0.3, 0.4) is 0 Å². The van der Waals surface area contributed by atoms with Gasteiger partial charge in [-0.25, -0.2) is 0 Å². The quantitative estimate of drug-likeness (QED) is 0.714. The fourth-order valence-electron chi connectivity index (χ4n) is 1.56. The van der Waals surface area contributed by atoms with Crippen LogP contribution in [-0.2, 0) is 6.54 Å². The monoisotopic (exact) mass is 172 g/mol. The predicted molar refractivity (Wildman–Crippen MR) is 54.4 cm³/mol. The van der Waals surface area contributed by atoms with E-state index in [4.69, 9.17) is 5.73 Å². The number of rotatable bonds is 1. The summed E-state index contributed by atoms with van der Waals surface area (Å²) in [7, 11) is 0. The van der Waals surface area contributed by atoms with Gasteiger partial charge < -0.3 is 5.73 Å². The number of aromatic nitrogens is 1. The number of hydrogen-bond acceptors (Lipinski definition) is 2. The van der Waals surface area contributed by atoms with Gasteiger partial charge >= 0.3 is 0 Å². The van der Waals surface area contributed by atoms with Gasteiger partial charge in [-0.15, -0.1) is 0 Å². The lowest BCUT2D eigenvalue weighted by atomic mass is 10.1. The van der Waals surface area contributed by atoms with Gasteiger partial charge in [0.1, 0.15) is 0 Å². The topological polar surface area (TPSA) is 38.9 Å². The van der Waals surface area contributed by atoms with Crippen molar-refractivity contribution in [1.82, 2.24) is 4.98 Å². The van der Waals surface area contributed by atoms with Crippen LogP contribution in [0.1, 0.15) is 11.3 Å². The third-order valence-corrected chi connectivity index (χ3v) is 2.30. The molecule has 1 aromatic heterocycles. The van der Waals surface area contributed by atoms with Crippen LogP contribution in [0.5, 0.6) is 0 Å². The van der Waals surface area contributed by atoms with Crippen LogP contribution in [0.2, 0.25) is 0 Å². The largest absolute Gasteiger partial charge is 0.326 e. The molecule has 13 heavy (non-hydrogen) atoms. The zero-order valence-electron chi connectivity index (χ0n) is 7.62. The normalized spacial score (nSPS) is 10.6. The third-order valence-electron chi connectivity index (χ3n) is 2.30. The lowest BCUT2D eigenvalue weighted by molar-refractivity contribution is 1.06. The van der Waals surface area contributed by atoms with E-state index in [1.807, 2.05) is 25.3 Å². The van der Waals surface area contributed by atoms with Gasteiger partial charge in [-0.3, -0.25) is 4.98 Å². The number of nitrogens with zero attached hydrogens (tertiary/aromatic N) is 1. The van der Waals surface area contributed by atoms with Crippen molar-refractivity contribution in [2.45, 2.75) is 13.5 Å². The van der Waals surface area contributed by atoms with Crippen LogP contribution in [0.4, 0.5) is 0 Å². The van der Waals surface area contributed by atoms with Gasteiger partial charge in [-0.05, 0) is 17.9 Å². The molecule has 0 spiro atoms. The van der Waals surface area contributed by atoms with Crippen molar-refractivity contribution >= 4 is 10.8 Å². The Morgan fingerprint density at radius 1 is 1.23 bits per heavy atom. The Kier molecular flexibility index (Phi) is 1.99. The molecule has 0 aliphatic carbocycles. The molecule has 2 heteroatoms. The van der Waals surface area contributed by atoms with E-state index in [0.29, 0.717) is 6.54 Å². The second-order valence-corrected chi connectivity index (χ2v) is 3.12. The third kappa shape index (κ3) is 1.29. The lowest BCUT2D eigenvalue weighted by Crippen LogP contribution is -1.99. The molecule has 1 heterocycles. The first-order valence-electron chi connectivity index (χ1n) is 4.36. The van der Waals surface area contributed by atoms with E-state index >= 15 is 0 Å². The molecule has 0 radical (unpaired) electrons. The Balaban J connectivity index is 2.84. The van der Waals surface area contributed by atoms with E-state index in [-0.39, 0.29) is 0 Å². The Bertz CT molecular complexity index is 435. The molecule has 2 rings (SSSR count). The van der Waals surface area contributed by atoms with E-state index in [1.165, 1.54) is 10.8 Å². The molecule has 66 valence electrons. The number of aryl methyl sites for hydroxylation is 1. The molecular formula is C11H12N2. The van der Waals surface area contributed by atoms with Gasteiger partial charge in [0, 0.05) is 23.8 Å². The molecule has 0 saturated carbocycles. The zero-order valence-corrected chi connectivity index (χ0v) is 7.62. The maximum Gasteiger partial charge on any atom is 0.0451 e. The molecule has 0 bridgehead atoms.